The van der Waals surface area contributed by atoms with Crippen LogP contribution in [0.4, 0.5) is 0 Å². The minimum Gasteiger partial charge on any atom is -0.496 e. The van der Waals surface area contributed by atoms with Crippen LogP contribution < -0.4 is 4.74 Å². The van der Waals surface area contributed by atoms with E-state index < -0.39 is 6.10 Å². The number of rotatable bonds is 2. The highest BCUT2D eigenvalue weighted by Gasteiger charge is 2.09. The van der Waals surface area contributed by atoms with E-state index in [-0.39, 0.29) is 0 Å². The van der Waals surface area contributed by atoms with Crippen molar-refractivity contribution in [1.82, 2.24) is 4.98 Å². The fourth-order valence-electron chi connectivity index (χ4n) is 1.71. The number of aliphatic hydroxyl groups excluding tert-OH is 1. The molecule has 0 radical (unpaired) electrons. The van der Waals surface area contributed by atoms with Crippen LogP contribution in [0, 0.1) is 0 Å². The number of nitrogens with zero attached hydrogens (tertiary/aromatic N) is 1. The Morgan fingerprint density at radius 1 is 1.27 bits per heavy atom. The molecule has 1 heterocycles. The average molecular weight is 203 g/mol. The summed E-state index contributed by atoms with van der Waals surface area (Å²) in [6, 6.07) is 7.62. The van der Waals surface area contributed by atoms with Crippen molar-refractivity contribution >= 4 is 10.8 Å². The third kappa shape index (κ3) is 1.66. The van der Waals surface area contributed by atoms with E-state index in [1.165, 1.54) is 0 Å². The van der Waals surface area contributed by atoms with Crippen molar-refractivity contribution in [3.63, 3.8) is 0 Å². The minimum atomic E-state index is -0.569. The predicted octanol–water partition coefficient (Wildman–Crippen LogP) is 2.30. The summed E-state index contributed by atoms with van der Waals surface area (Å²) in [5.74, 6) is 0.803. The molecule has 78 valence electrons. The lowest BCUT2D eigenvalue weighted by Gasteiger charge is -2.10. The Labute approximate surface area is 88.3 Å². The number of aliphatic hydroxyl groups is 1. The van der Waals surface area contributed by atoms with Gasteiger partial charge >= 0.3 is 0 Å². The summed E-state index contributed by atoms with van der Waals surface area (Å²) in [5, 5.41) is 11.5. The number of pyridine rings is 1. The molecular formula is C12H13NO2. The number of hydrogen-bond acceptors (Lipinski definition) is 3. The van der Waals surface area contributed by atoms with Crippen molar-refractivity contribution in [2.45, 2.75) is 13.0 Å². The van der Waals surface area contributed by atoms with Crippen LogP contribution in [0.25, 0.3) is 10.8 Å². The fraction of sp³-hybridized carbons (Fsp3) is 0.250. The number of benzene rings is 1. The highest BCUT2D eigenvalue weighted by Crippen LogP contribution is 2.28. The molecule has 0 bridgehead atoms. The van der Waals surface area contributed by atoms with Crippen LogP contribution in [-0.4, -0.2) is 17.2 Å². The van der Waals surface area contributed by atoms with Crippen LogP contribution >= 0.6 is 0 Å². The molecule has 0 amide bonds. The molecule has 1 N–H and O–H groups in total. The second kappa shape index (κ2) is 3.87. The van der Waals surface area contributed by atoms with Crippen molar-refractivity contribution in [1.29, 1.82) is 0 Å². The Bertz CT molecular complexity index is 480. The molecule has 0 spiro atoms. The quantitative estimate of drug-likeness (QED) is 0.814. The Morgan fingerprint density at radius 2 is 2.07 bits per heavy atom. The molecule has 1 aromatic carbocycles. The number of aromatic nitrogens is 1. The van der Waals surface area contributed by atoms with E-state index >= 15 is 0 Å². The van der Waals surface area contributed by atoms with Gasteiger partial charge in [-0.2, -0.15) is 0 Å². The number of fused-ring (bicyclic) bond motifs is 1. The molecule has 1 atom stereocenters. The molecule has 15 heavy (non-hydrogen) atoms. The van der Waals surface area contributed by atoms with Gasteiger partial charge in [-0.15, -0.1) is 0 Å². The topological polar surface area (TPSA) is 42.4 Å². The molecule has 0 aliphatic rings. The maximum Gasteiger partial charge on any atom is 0.126 e. The van der Waals surface area contributed by atoms with Gasteiger partial charge in [-0.25, -0.2) is 0 Å². The van der Waals surface area contributed by atoms with E-state index in [0.29, 0.717) is 5.69 Å². The van der Waals surface area contributed by atoms with Gasteiger partial charge in [-0.3, -0.25) is 4.98 Å². The first-order chi connectivity index (χ1) is 7.24. The maximum absolute atomic E-state index is 9.58. The lowest BCUT2D eigenvalue weighted by atomic mass is 10.1. The van der Waals surface area contributed by atoms with E-state index in [2.05, 4.69) is 4.98 Å². The van der Waals surface area contributed by atoms with Gasteiger partial charge in [0.25, 0.3) is 0 Å². The summed E-state index contributed by atoms with van der Waals surface area (Å²) in [4.78, 5) is 4.18. The molecule has 0 aliphatic carbocycles. The predicted molar refractivity (Wildman–Crippen MR) is 58.9 cm³/mol. The molecule has 1 aromatic heterocycles. The smallest absolute Gasteiger partial charge is 0.126 e. The minimum absolute atomic E-state index is 0.569. The lowest BCUT2D eigenvalue weighted by Crippen LogP contribution is -1.97. The first kappa shape index (κ1) is 9.93. The average Bonchev–Trinajstić information content (AvgIpc) is 2.27. The Morgan fingerprint density at radius 3 is 2.73 bits per heavy atom. The van der Waals surface area contributed by atoms with Gasteiger partial charge in [0.1, 0.15) is 5.75 Å². The van der Waals surface area contributed by atoms with Gasteiger partial charge in [-0.05, 0) is 19.1 Å². The summed E-state index contributed by atoms with van der Waals surface area (Å²) >= 11 is 0. The van der Waals surface area contributed by atoms with E-state index in [9.17, 15) is 5.11 Å². The molecule has 2 rings (SSSR count). The van der Waals surface area contributed by atoms with Crippen LogP contribution in [0.5, 0.6) is 5.75 Å². The normalized spacial score (nSPS) is 12.7. The summed E-state index contributed by atoms with van der Waals surface area (Å²) < 4.78 is 5.25. The van der Waals surface area contributed by atoms with Gasteiger partial charge in [-0.1, -0.05) is 12.1 Å². The van der Waals surface area contributed by atoms with Crippen molar-refractivity contribution < 1.29 is 9.84 Å². The third-order valence-corrected chi connectivity index (χ3v) is 2.41. The number of hydrogen-bond donors (Lipinski definition) is 1. The van der Waals surface area contributed by atoms with Crippen LogP contribution in [0.15, 0.2) is 30.5 Å². The van der Waals surface area contributed by atoms with Crippen LogP contribution in [-0.2, 0) is 0 Å². The molecule has 0 saturated heterocycles. The Kier molecular flexibility index (Phi) is 2.56. The molecule has 3 nitrogen and oxygen atoms in total. The fourth-order valence-corrected chi connectivity index (χ4v) is 1.71. The summed E-state index contributed by atoms with van der Waals surface area (Å²) in [6.45, 7) is 1.71. The van der Waals surface area contributed by atoms with Gasteiger partial charge in [0.2, 0.25) is 0 Å². The first-order valence-electron chi connectivity index (χ1n) is 4.83. The summed E-state index contributed by atoms with van der Waals surface area (Å²) in [6.07, 6.45) is 1.12. The van der Waals surface area contributed by atoms with Crippen molar-refractivity contribution in [2.75, 3.05) is 7.11 Å². The second-order valence-corrected chi connectivity index (χ2v) is 3.43. The molecule has 0 saturated carbocycles. The number of ether oxygens (including phenoxy) is 1. The lowest BCUT2D eigenvalue weighted by molar-refractivity contribution is 0.196. The van der Waals surface area contributed by atoms with Crippen molar-refractivity contribution in [3.8, 4) is 5.75 Å². The van der Waals surface area contributed by atoms with Gasteiger partial charge < -0.3 is 9.84 Å². The monoisotopic (exact) mass is 203 g/mol. The molecule has 1 unspecified atom stereocenters. The highest BCUT2D eigenvalue weighted by atomic mass is 16.5. The van der Waals surface area contributed by atoms with E-state index in [1.807, 2.05) is 24.3 Å². The van der Waals surface area contributed by atoms with Crippen molar-refractivity contribution in [2.24, 2.45) is 0 Å². The zero-order chi connectivity index (χ0) is 10.8. The highest BCUT2D eigenvalue weighted by molar-refractivity contribution is 5.90. The van der Waals surface area contributed by atoms with Gasteiger partial charge in [0.05, 0.1) is 18.9 Å². The van der Waals surface area contributed by atoms with E-state index in [0.717, 1.165) is 16.5 Å². The molecular weight excluding hydrogens is 190 g/mol. The van der Waals surface area contributed by atoms with Gasteiger partial charge in [0, 0.05) is 17.0 Å². The molecule has 3 heteroatoms. The van der Waals surface area contributed by atoms with Crippen molar-refractivity contribution in [3.05, 3.63) is 36.2 Å². The number of methoxy groups -OCH3 is 1. The second-order valence-electron chi connectivity index (χ2n) is 3.43. The standard InChI is InChI=1S/C12H13NO2/c1-8(14)12-10-4-3-5-11(15-2)9(10)6-7-13-12/h3-8,14H,1-2H3. The maximum atomic E-state index is 9.58. The van der Waals surface area contributed by atoms with Crippen LogP contribution in [0.2, 0.25) is 0 Å². The zero-order valence-electron chi connectivity index (χ0n) is 8.77. The molecule has 0 aliphatic heterocycles. The third-order valence-electron chi connectivity index (χ3n) is 2.41. The van der Waals surface area contributed by atoms with E-state index in [1.54, 1.807) is 20.2 Å². The van der Waals surface area contributed by atoms with E-state index in [4.69, 9.17) is 4.74 Å². The largest absolute Gasteiger partial charge is 0.496 e. The molecule has 2 aromatic rings. The zero-order valence-corrected chi connectivity index (χ0v) is 8.77. The Hall–Kier alpha value is -1.61. The molecule has 0 fully saturated rings. The van der Waals surface area contributed by atoms with Gasteiger partial charge in [0.15, 0.2) is 0 Å². The summed E-state index contributed by atoms with van der Waals surface area (Å²) in [7, 11) is 1.64. The van der Waals surface area contributed by atoms with Crippen LogP contribution in [0.1, 0.15) is 18.7 Å². The summed E-state index contributed by atoms with van der Waals surface area (Å²) in [5.41, 5.74) is 0.686. The first-order valence-corrected chi connectivity index (χ1v) is 4.83. The Balaban J connectivity index is 2.76. The SMILES string of the molecule is COc1cccc2c(C(C)O)nccc12. The van der Waals surface area contributed by atoms with Crippen LogP contribution in [0.3, 0.4) is 0 Å².